The van der Waals surface area contributed by atoms with Gasteiger partial charge in [0.25, 0.3) is 5.91 Å². The summed E-state index contributed by atoms with van der Waals surface area (Å²) in [6, 6.07) is 24.6. The molecule has 0 saturated heterocycles. The number of nitrogens with one attached hydrogen (secondary N) is 2. The number of hydrogen-bond acceptors (Lipinski definition) is 5. The van der Waals surface area contributed by atoms with Gasteiger partial charge < -0.3 is 10.6 Å². The number of aryl methyl sites for hydroxylation is 2. The number of carbonyl (C=O) groups excluding carboxylic acids is 2. The highest BCUT2D eigenvalue weighted by atomic mass is 32.2. The maximum atomic E-state index is 13.1. The quantitative estimate of drug-likeness (QED) is 0.301. The lowest BCUT2D eigenvalue weighted by molar-refractivity contribution is -0.115. The van der Waals surface area contributed by atoms with E-state index < -0.39 is 5.25 Å². The minimum atomic E-state index is -0.441. The molecule has 0 radical (unpaired) electrons. The summed E-state index contributed by atoms with van der Waals surface area (Å²) in [5.41, 5.74) is 4.20. The summed E-state index contributed by atoms with van der Waals surface area (Å²) in [4.78, 5) is 30.8. The van der Waals surface area contributed by atoms with E-state index in [1.165, 1.54) is 23.1 Å². The highest BCUT2D eigenvalue weighted by Crippen LogP contribution is 2.37. The fraction of sp³-hybridized carbons (Fsp3) is 0.115. The topological polar surface area (TPSA) is 71.1 Å². The van der Waals surface area contributed by atoms with Crippen LogP contribution in [0.2, 0.25) is 0 Å². The molecule has 7 heteroatoms. The Morgan fingerprint density at radius 1 is 0.879 bits per heavy atom. The van der Waals surface area contributed by atoms with Crippen LogP contribution in [0, 0.1) is 13.8 Å². The lowest BCUT2D eigenvalue weighted by atomic mass is 10.1. The molecule has 0 bridgehead atoms. The van der Waals surface area contributed by atoms with E-state index in [2.05, 4.69) is 15.6 Å². The number of benzene rings is 3. The second-order valence-corrected chi connectivity index (χ2v) is 9.57. The highest BCUT2D eigenvalue weighted by Gasteiger charge is 2.23. The molecule has 1 unspecified atom stereocenters. The SMILES string of the molecule is Cc1ccc(C(=O)Nc2ccc(SC(C(=O)Nc3nc(C)cs3)c3ccccc3)cc2)cc1. The number of hydrogen-bond donors (Lipinski definition) is 2. The van der Waals surface area contributed by atoms with Crippen molar-refractivity contribution in [3.8, 4) is 0 Å². The molecule has 3 aromatic carbocycles. The smallest absolute Gasteiger partial charge is 0.255 e. The van der Waals surface area contributed by atoms with Crippen LogP contribution in [0.5, 0.6) is 0 Å². The molecule has 4 aromatic rings. The van der Waals surface area contributed by atoms with E-state index >= 15 is 0 Å². The molecule has 0 aliphatic carbocycles. The number of rotatable bonds is 7. The summed E-state index contributed by atoms with van der Waals surface area (Å²) in [6.45, 7) is 3.88. The second kappa shape index (κ2) is 10.5. The molecule has 4 rings (SSSR count). The normalized spacial score (nSPS) is 11.6. The molecule has 1 atom stereocenters. The van der Waals surface area contributed by atoms with E-state index in [-0.39, 0.29) is 11.8 Å². The first kappa shape index (κ1) is 22.8. The molecule has 0 aliphatic heterocycles. The number of thioether (sulfide) groups is 1. The van der Waals surface area contributed by atoms with Crippen molar-refractivity contribution in [2.45, 2.75) is 24.0 Å². The Balaban J connectivity index is 1.47. The molecule has 2 N–H and O–H groups in total. The van der Waals surface area contributed by atoms with E-state index in [0.29, 0.717) is 16.4 Å². The van der Waals surface area contributed by atoms with Crippen molar-refractivity contribution in [2.24, 2.45) is 0 Å². The van der Waals surface area contributed by atoms with Crippen molar-refractivity contribution in [3.05, 3.63) is 107 Å². The Bertz CT molecular complexity index is 1240. The van der Waals surface area contributed by atoms with Gasteiger partial charge in [-0.1, -0.05) is 48.0 Å². The number of carbonyl (C=O) groups is 2. The molecular weight excluding hydrogens is 450 g/mol. The molecule has 0 spiro atoms. The molecule has 0 saturated carbocycles. The van der Waals surface area contributed by atoms with Crippen LogP contribution in [0.1, 0.15) is 32.4 Å². The third-order valence-electron chi connectivity index (χ3n) is 4.87. The summed E-state index contributed by atoms with van der Waals surface area (Å²) in [5.74, 6) is -0.284. The van der Waals surface area contributed by atoms with Gasteiger partial charge in [-0.15, -0.1) is 23.1 Å². The maximum Gasteiger partial charge on any atom is 0.255 e. The highest BCUT2D eigenvalue weighted by molar-refractivity contribution is 8.00. The first-order valence-electron chi connectivity index (χ1n) is 10.4. The van der Waals surface area contributed by atoms with Gasteiger partial charge in [0.15, 0.2) is 5.13 Å². The second-order valence-electron chi connectivity index (χ2n) is 7.54. The van der Waals surface area contributed by atoms with Crippen LogP contribution in [-0.2, 0) is 4.79 Å². The van der Waals surface area contributed by atoms with Crippen LogP contribution >= 0.6 is 23.1 Å². The van der Waals surface area contributed by atoms with Gasteiger partial charge in [0, 0.05) is 21.5 Å². The van der Waals surface area contributed by atoms with E-state index in [9.17, 15) is 9.59 Å². The Labute approximate surface area is 201 Å². The average Bonchev–Trinajstić information content (AvgIpc) is 3.23. The molecule has 0 aliphatic rings. The van der Waals surface area contributed by atoms with Crippen molar-refractivity contribution in [1.82, 2.24) is 4.98 Å². The third kappa shape index (κ3) is 6.09. The molecule has 2 amide bonds. The number of anilines is 2. The summed E-state index contributed by atoms with van der Waals surface area (Å²) in [6.07, 6.45) is 0. The van der Waals surface area contributed by atoms with Crippen molar-refractivity contribution < 1.29 is 9.59 Å². The molecule has 1 aromatic heterocycles. The van der Waals surface area contributed by atoms with Gasteiger partial charge in [-0.2, -0.15) is 0 Å². The zero-order chi connectivity index (χ0) is 23.2. The standard InChI is InChI=1S/C26H23N3O2S2/c1-17-8-10-20(11-9-17)24(30)28-21-12-14-22(15-13-21)33-23(19-6-4-3-5-7-19)25(31)29-26-27-18(2)16-32-26/h3-16,23H,1-2H3,(H,28,30)(H,27,29,31). The first-order valence-corrected chi connectivity index (χ1v) is 12.2. The van der Waals surface area contributed by atoms with Gasteiger partial charge in [0.05, 0.1) is 5.69 Å². The largest absolute Gasteiger partial charge is 0.322 e. The Kier molecular flexibility index (Phi) is 7.22. The molecule has 33 heavy (non-hydrogen) atoms. The van der Waals surface area contributed by atoms with Gasteiger partial charge in [-0.25, -0.2) is 4.98 Å². The van der Waals surface area contributed by atoms with Crippen LogP contribution in [0.3, 0.4) is 0 Å². The molecular formula is C26H23N3O2S2. The Hall–Kier alpha value is -3.42. The van der Waals surface area contributed by atoms with Crippen LogP contribution in [0.25, 0.3) is 0 Å². The van der Waals surface area contributed by atoms with Crippen LogP contribution in [0.15, 0.2) is 89.1 Å². The average molecular weight is 474 g/mol. The number of amides is 2. The van der Waals surface area contributed by atoms with Gasteiger partial charge in [-0.05, 0) is 55.8 Å². The van der Waals surface area contributed by atoms with Gasteiger partial charge in [0.1, 0.15) is 5.25 Å². The van der Waals surface area contributed by atoms with E-state index in [1.807, 2.05) is 98.1 Å². The molecule has 5 nitrogen and oxygen atoms in total. The Morgan fingerprint density at radius 2 is 1.58 bits per heavy atom. The van der Waals surface area contributed by atoms with Crippen molar-refractivity contribution in [3.63, 3.8) is 0 Å². The van der Waals surface area contributed by atoms with Crippen LogP contribution in [0.4, 0.5) is 10.8 Å². The maximum absolute atomic E-state index is 13.1. The van der Waals surface area contributed by atoms with Crippen molar-refractivity contribution >= 4 is 45.7 Å². The van der Waals surface area contributed by atoms with Crippen LogP contribution < -0.4 is 10.6 Å². The first-order chi connectivity index (χ1) is 16.0. The summed E-state index contributed by atoms with van der Waals surface area (Å²) < 4.78 is 0. The van der Waals surface area contributed by atoms with Crippen LogP contribution in [-0.4, -0.2) is 16.8 Å². The number of aromatic nitrogens is 1. The van der Waals surface area contributed by atoms with Gasteiger partial charge >= 0.3 is 0 Å². The Morgan fingerprint density at radius 3 is 2.21 bits per heavy atom. The monoisotopic (exact) mass is 473 g/mol. The summed E-state index contributed by atoms with van der Waals surface area (Å²) >= 11 is 2.86. The lowest BCUT2D eigenvalue weighted by Crippen LogP contribution is -2.19. The number of thiazole rings is 1. The lowest BCUT2D eigenvalue weighted by Gasteiger charge is -2.16. The predicted octanol–water partition coefficient (Wildman–Crippen LogP) is 6.48. The van der Waals surface area contributed by atoms with Crippen molar-refractivity contribution in [1.29, 1.82) is 0 Å². The van der Waals surface area contributed by atoms with E-state index in [4.69, 9.17) is 0 Å². The fourth-order valence-electron chi connectivity index (χ4n) is 3.14. The predicted molar refractivity (Wildman–Crippen MR) is 136 cm³/mol. The summed E-state index contributed by atoms with van der Waals surface area (Å²) in [7, 11) is 0. The molecule has 166 valence electrons. The van der Waals surface area contributed by atoms with E-state index in [1.54, 1.807) is 0 Å². The molecule has 1 heterocycles. The zero-order valence-electron chi connectivity index (χ0n) is 18.2. The minimum absolute atomic E-state index is 0.127. The van der Waals surface area contributed by atoms with Gasteiger partial charge in [-0.3, -0.25) is 9.59 Å². The zero-order valence-corrected chi connectivity index (χ0v) is 19.9. The fourth-order valence-corrected chi connectivity index (χ4v) is 4.86. The van der Waals surface area contributed by atoms with Gasteiger partial charge in [0.2, 0.25) is 5.91 Å². The third-order valence-corrected chi connectivity index (χ3v) is 7.01. The van der Waals surface area contributed by atoms with Crippen molar-refractivity contribution in [2.75, 3.05) is 10.6 Å². The number of nitrogens with zero attached hydrogens (tertiary/aromatic N) is 1. The molecule has 0 fully saturated rings. The van der Waals surface area contributed by atoms with E-state index in [0.717, 1.165) is 21.7 Å². The summed E-state index contributed by atoms with van der Waals surface area (Å²) in [5, 5.41) is 7.90. The minimum Gasteiger partial charge on any atom is -0.322 e.